The Labute approximate surface area is 135 Å². The average Bonchev–Trinajstić information content (AvgIpc) is 2.98. The Morgan fingerprint density at radius 1 is 1.41 bits per heavy atom. The topological polar surface area (TPSA) is 68.0 Å². The third-order valence-electron chi connectivity index (χ3n) is 3.60. The normalized spacial score (nSPS) is 15.1. The molecule has 2 atom stereocenters. The molecule has 0 spiro atoms. The van der Waals surface area contributed by atoms with Crippen LogP contribution < -0.4 is 11.1 Å². The van der Waals surface area contributed by atoms with Crippen LogP contribution >= 0.6 is 11.3 Å². The van der Waals surface area contributed by atoms with Gasteiger partial charge in [0.2, 0.25) is 5.91 Å². The van der Waals surface area contributed by atoms with Crippen LogP contribution in [0.15, 0.2) is 35.7 Å². The second-order valence-corrected chi connectivity index (χ2v) is 6.69. The number of hydrogen-bond acceptors (Lipinski definition) is 4. The molecule has 2 unspecified atom stereocenters. The van der Waals surface area contributed by atoms with Crippen LogP contribution in [-0.4, -0.2) is 16.4 Å². The fourth-order valence-corrected chi connectivity index (χ4v) is 3.12. The van der Waals surface area contributed by atoms with E-state index in [9.17, 15) is 4.79 Å². The summed E-state index contributed by atoms with van der Waals surface area (Å²) in [5.74, 6) is -0.127. The number of amides is 1. The molecule has 2 aromatic rings. The van der Waals surface area contributed by atoms with E-state index in [2.05, 4.69) is 10.3 Å². The minimum absolute atomic E-state index is 0.127. The molecule has 118 valence electrons. The highest BCUT2D eigenvalue weighted by Crippen LogP contribution is 2.25. The Bertz CT molecular complexity index is 622. The molecule has 0 bridgehead atoms. The highest BCUT2D eigenvalue weighted by Gasteiger charge is 2.28. The van der Waals surface area contributed by atoms with Crippen LogP contribution in [0.5, 0.6) is 0 Å². The molecule has 0 aliphatic heterocycles. The molecule has 0 aliphatic carbocycles. The first-order valence-corrected chi connectivity index (χ1v) is 8.42. The molecule has 0 saturated carbocycles. The Morgan fingerprint density at radius 3 is 2.73 bits per heavy atom. The highest BCUT2D eigenvalue weighted by molar-refractivity contribution is 7.10. The van der Waals surface area contributed by atoms with E-state index < -0.39 is 5.54 Å². The predicted molar refractivity (Wildman–Crippen MR) is 91.6 cm³/mol. The number of aromatic nitrogens is 1. The van der Waals surface area contributed by atoms with Crippen molar-refractivity contribution in [1.82, 2.24) is 10.3 Å². The zero-order valence-corrected chi connectivity index (χ0v) is 14.1. The quantitative estimate of drug-likeness (QED) is 0.856. The first kappa shape index (κ1) is 16.6. The van der Waals surface area contributed by atoms with Crippen LogP contribution in [-0.2, 0) is 4.79 Å². The van der Waals surface area contributed by atoms with Crippen molar-refractivity contribution in [3.05, 3.63) is 40.7 Å². The minimum Gasteiger partial charge on any atom is -0.346 e. The maximum absolute atomic E-state index is 12.3. The summed E-state index contributed by atoms with van der Waals surface area (Å²) in [6, 6.07) is 9.87. The summed E-state index contributed by atoms with van der Waals surface area (Å²) in [6.07, 6.45) is 1.54. The molecule has 1 amide bonds. The van der Waals surface area contributed by atoms with Gasteiger partial charge in [0.25, 0.3) is 0 Å². The summed E-state index contributed by atoms with van der Waals surface area (Å²) in [4.78, 5) is 16.9. The lowest BCUT2D eigenvalue weighted by molar-refractivity contribution is -0.126. The van der Waals surface area contributed by atoms with Gasteiger partial charge in [0, 0.05) is 10.9 Å². The number of rotatable bonds is 6. The zero-order chi connectivity index (χ0) is 16.2. The smallest absolute Gasteiger partial charge is 0.240 e. The van der Waals surface area contributed by atoms with Crippen molar-refractivity contribution in [2.45, 2.75) is 45.2 Å². The Balaban J connectivity index is 2.06. The van der Waals surface area contributed by atoms with Gasteiger partial charge in [0.05, 0.1) is 17.3 Å². The predicted octanol–water partition coefficient (Wildman–Crippen LogP) is 3.50. The summed E-state index contributed by atoms with van der Waals surface area (Å²) in [5.41, 5.74) is 7.25. The van der Waals surface area contributed by atoms with E-state index in [1.807, 2.05) is 49.6 Å². The molecule has 1 heterocycles. The van der Waals surface area contributed by atoms with Crippen LogP contribution in [0.4, 0.5) is 0 Å². The van der Waals surface area contributed by atoms with Crippen LogP contribution in [0.2, 0.25) is 0 Å². The van der Waals surface area contributed by atoms with E-state index in [0.29, 0.717) is 6.42 Å². The second-order valence-electron chi connectivity index (χ2n) is 5.80. The van der Waals surface area contributed by atoms with E-state index in [1.165, 1.54) is 0 Å². The molecule has 5 heteroatoms. The van der Waals surface area contributed by atoms with E-state index >= 15 is 0 Å². The van der Waals surface area contributed by atoms with Crippen molar-refractivity contribution < 1.29 is 4.79 Å². The molecular formula is C17H23N3OS. The number of carbonyl (C=O) groups is 1. The second kappa shape index (κ2) is 7.03. The standard InChI is InChI=1S/C17H23N3OS/c1-4-10-17(3,18)16(21)19-12(2)15-20-14(11-22-15)13-8-6-5-7-9-13/h5-9,11-12H,4,10,18H2,1-3H3,(H,19,21). The molecule has 4 nitrogen and oxygen atoms in total. The molecule has 0 radical (unpaired) electrons. The Hall–Kier alpha value is -1.72. The molecule has 1 aromatic heterocycles. The highest BCUT2D eigenvalue weighted by atomic mass is 32.1. The van der Waals surface area contributed by atoms with Gasteiger partial charge in [-0.05, 0) is 20.3 Å². The van der Waals surface area contributed by atoms with Crippen molar-refractivity contribution in [1.29, 1.82) is 0 Å². The Morgan fingerprint density at radius 2 is 2.09 bits per heavy atom. The molecule has 2 rings (SSSR count). The number of thiazole rings is 1. The van der Waals surface area contributed by atoms with Gasteiger partial charge in [-0.3, -0.25) is 4.79 Å². The monoisotopic (exact) mass is 317 g/mol. The minimum atomic E-state index is -0.831. The van der Waals surface area contributed by atoms with E-state index in [4.69, 9.17) is 5.73 Å². The lowest BCUT2D eigenvalue weighted by atomic mass is 9.96. The third-order valence-corrected chi connectivity index (χ3v) is 4.63. The maximum Gasteiger partial charge on any atom is 0.240 e. The SMILES string of the molecule is CCCC(C)(N)C(=O)NC(C)c1nc(-c2ccccc2)cs1. The molecule has 3 N–H and O–H groups in total. The first-order valence-electron chi connectivity index (χ1n) is 7.54. The fraction of sp³-hybridized carbons (Fsp3) is 0.412. The van der Waals surface area contributed by atoms with Gasteiger partial charge in [0.1, 0.15) is 5.01 Å². The number of nitrogens with zero attached hydrogens (tertiary/aromatic N) is 1. The summed E-state index contributed by atoms with van der Waals surface area (Å²) in [7, 11) is 0. The van der Waals surface area contributed by atoms with Gasteiger partial charge in [-0.25, -0.2) is 4.98 Å². The van der Waals surface area contributed by atoms with Gasteiger partial charge in [0.15, 0.2) is 0 Å². The maximum atomic E-state index is 12.3. The lowest BCUT2D eigenvalue weighted by Crippen LogP contribution is -2.52. The Kier molecular flexibility index (Phi) is 5.32. The summed E-state index contributed by atoms with van der Waals surface area (Å²) >= 11 is 1.55. The first-order chi connectivity index (χ1) is 10.4. The van der Waals surface area contributed by atoms with Crippen LogP contribution in [0.1, 0.15) is 44.7 Å². The number of nitrogens with two attached hydrogens (primary N) is 1. The lowest BCUT2D eigenvalue weighted by Gasteiger charge is -2.24. The molecule has 1 aromatic carbocycles. The molecule has 0 saturated heterocycles. The number of nitrogens with one attached hydrogen (secondary N) is 1. The van der Waals surface area contributed by atoms with Crippen LogP contribution in [0.25, 0.3) is 11.3 Å². The number of hydrogen-bond donors (Lipinski definition) is 2. The van der Waals surface area contributed by atoms with Gasteiger partial charge in [-0.2, -0.15) is 0 Å². The van der Waals surface area contributed by atoms with Crippen molar-refractivity contribution in [2.24, 2.45) is 5.73 Å². The fourth-order valence-electron chi connectivity index (χ4n) is 2.28. The summed E-state index contributed by atoms with van der Waals surface area (Å²) < 4.78 is 0. The molecule has 22 heavy (non-hydrogen) atoms. The summed E-state index contributed by atoms with van der Waals surface area (Å²) in [5, 5.41) is 5.87. The summed E-state index contributed by atoms with van der Waals surface area (Å²) in [6.45, 7) is 5.73. The molecule has 0 aliphatic rings. The zero-order valence-electron chi connectivity index (χ0n) is 13.3. The third kappa shape index (κ3) is 3.93. The van der Waals surface area contributed by atoms with Crippen LogP contribution in [0, 0.1) is 0 Å². The number of carbonyl (C=O) groups excluding carboxylic acids is 1. The van der Waals surface area contributed by atoms with Gasteiger partial charge in [-0.1, -0.05) is 43.7 Å². The van der Waals surface area contributed by atoms with Gasteiger partial charge < -0.3 is 11.1 Å². The van der Waals surface area contributed by atoms with Gasteiger partial charge >= 0.3 is 0 Å². The molecular weight excluding hydrogens is 294 g/mol. The van der Waals surface area contributed by atoms with Gasteiger partial charge in [-0.15, -0.1) is 11.3 Å². The van der Waals surface area contributed by atoms with E-state index in [0.717, 1.165) is 22.7 Å². The van der Waals surface area contributed by atoms with E-state index in [1.54, 1.807) is 18.3 Å². The molecule has 0 fully saturated rings. The number of benzene rings is 1. The van der Waals surface area contributed by atoms with Crippen molar-refractivity contribution >= 4 is 17.2 Å². The van der Waals surface area contributed by atoms with Crippen LogP contribution in [0.3, 0.4) is 0 Å². The van der Waals surface area contributed by atoms with E-state index in [-0.39, 0.29) is 11.9 Å². The largest absolute Gasteiger partial charge is 0.346 e. The van der Waals surface area contributed by atoms with Crippen molar-refractivity contribution in [3.63, 3.8) is 0 Å². The van der Waals surface area contributed by atoms with Crippen molar-refractivity contribution in [3.8, 4) is 11.3 Å². The van der Waals surface area contributed by atoms with Crippen molar-refractivity contribution in [2.75, 3.05) is 0 Å². The average molecular weight is 317 g/mol.